The zero-order chi connectivity index (χ0) is 15.4. The summed E-state index contributed by atoms with van der Waals surface area (Å²) >= 11 is 1.73. The van der Waals surface area contributed by atoms with E-state index in [2.05, 4.69) is 32.2 Å². The van der Waals surface area contributed by atoms with Crippen LogP contribution in [0.1, 0.15) is 50.8 Å². The van der Waals surface area contributed by atoms with Crippen LogP contribution in [0.4, 0.5) is 5.69 Å². The molecule has 2 atom stereocenters. The molecule has 2 rings (SSSR count). The van der Waals surface area contributed by atoms with Crippen molar-refractivity contribution >= 4 is 35.8 Å². The lowest BCUT2D eigenvalue weighted by molar-refractivity contribution is -0.122. The van der Waals surface area contributed by atoms with Crippen LogP contribution in [0.5, 0.6) is 0 Å². The average molecular weight is 343 g/mol. The molecule has 3 N–H and O–H groups in total. The lowest BCUT2D eigenvalue weighted by Crippen LogP contribution is -2.39. The third-order valence-corrected chi connectivity index (χ3v) is 5.46. The minimum Gasteiger partial charge on any atom is -0.399 e. The Kier molecular flexibility index (Phi) is 7.57. The van der Waals surface area contributed by atoms with Crippen molar-refractivity contribution in [1.29, 1.82) is 0 Å². The quantitative estimate of drug-likeness (QED) is 0.796. The van der Waals surface area contributed by atoms with Gasteiger partial charge in [-0.25, -0.2) is 0 Å². The smallest absolute Gasteiger partial charge is 0.233 e. The van der Waals surface area contributed by atoms with Crippen LogP contribution in [-0.4, -0.2) is 16.9 Å². The number of rotatable bonds is 5. The third-order valence-electron chi connectivity index (χ3n) is 4.01. The topological polar surface area (TPSA) is 55.1 Å². The highest BCUT2D eigenvalue weighted by atomic mass is 35.5. The summed E-state index contributed by atoms with van der Waals surface area (Å²) in [7, 11) is 0. The van der Waals surface area contributed by atoms with Crippen molar-refractivity contribution in [1.82, 2.24) is 5.32 Å². The Labute approximate surface area is 144 Å². The van der Waals surface area contributed by atoms with Crippen LogP contribution >= 0.6 is 24.2 Å². The van der Waals surface area contributed by atoms with Crippen molar-refractivity contribution in [3.05, 3.63) is 29.3 Å². The fraction of sp³-hybridized carbons (Fsp3) is 0.588. The van der Waals surface area contributed by atoms with Crippen molar-refractivity contribution in [2.75, 3.05) is 11.5 Å². The summed E-state index contributed by atoms with van der Waals surface area (Å²) in [5, 5.41) is 3.30. The van der Waals surface area contributed by atoms with Gasteiger partial charge in [0.2, 0.25) is 5.91 Å². The monoisotopic (exact) mass is 342 g/mol. The van der Waals surface area contributed by atoms with Gasteiger partial charge in [-0.2, -0.15) is 0 Å². The number of nitrogens with one attached hydrogen (secondary N) is 1. The standard InChI is InChI=1S/C17H26N2OS.ClH/c1-4-21-16(11(2)3)17(20)19-15-7-5-6-12-10-13(18)8-9-14(12)15;/h8-11,15-16H,4-7,18H2,1-3H3,(H,19,20);1H. The molecule has 0 heterocycles. The number of thioether (sulfide) groups is 1. The Morgan fingerprint density at radius 3 is 2.82 bits per heavy atom. The molecule has 0 aliphatic heterocycles. The van der Waals surface area contributed by atoms with Gasteiger partial charge in [-0.15, -0.1) is 24.2 Å². The van der Waals surface area contributed by atoms with Gasteiger partial charge in [-0.05, 0) is 54.2 Å². The Balaban J connectivity index is 0.00000242. The number of amides is 1. The van der Waals surface area contributed by atoms with Crippen LogP contribution < -0.4 is 11.1 Å². The van der Waals surface area contributed by atoms with Crippen molar-refractivity contribution in [2.24, 2.45) is 5.92 Å². The lowest BCUT2D eigenvalue weighted by atomic mass is 9.87. The molecule has 2 unspecified atom stereocenters. The van der Waals surface area contributed by atoms with Crippen molar-refractivity contribution in [3.63, 3.8) is 0 Å². The number of hydrogen-bond acceptors (Lipinski definition) is 3. The summed E-state index contributed by atoms with van der Waals surface area (Å²) < 4.78 is 0. The maximum Gasteiger partial charge on any atom is 0.233 e. The zero-order valence-corrected chi connectivity index (χ0v) is 15.2. The summed E-state index contributed by atoms with van der Waals surface area (Å²) in [5.74, 6) is 1.49. The minimum atomic E-state index is 0. The van der Waals surface area contributed by atoms with Gasteiger partial charge < -0.3 is 11.1 Å². The van der Waals surface area contributed by atoms with Gasteiger partial charge >= 0.3 is 0 Å². The average Bonchev–Trinajstić information content (AvgIpc) is 2.44. The summed E-state index contributed by atoms with van der Waals surface area (Å²) in [5.41, 5.74) is 9.20. The second-order valence-electron chi connectivity index (χ2n) is 6.03. The summed E-state index contributed by atoms with van der Waals surface area (Å²) in [6, 6.07) is 6.20. The number of benzene rings is 1. The van der Waals surface area contributed by atoms with Crippen molar-refractivity contribution in [2.45, 2.75) is 51.3 Å². The SMILES string of the molecule is CCSC(C(=O)NC1CCCc2cc(N)ccc21)C(C)C.Cl. The molecule has 1 aromatic rings. The van der Waals surface area contributed by atoms with Crippen LogP contribution in [0.2, 0.25) is 0 Å². The Hall–Kier alpha value is -0.870. The van der Waals surface area contributed by atoms with E-state index in [-0.39, 0.29) is 29.6 Å². The summed E-state index contributed by atoms with van der Waals surface area (Å²) in [6.45, 7) is 6.33. The molecular formula is C17H27ClN2OS. The molecule has 0 spiro atoms. The highest BCUT2D eigenvalue weighted by Gasteiger charge is 2.27. The molecule has 0 radical (unpaired) electrons. The molecule has 124 valence electrons. The van der Waals surface area contributed by atoms with E-state index in [1.165, 1.54) is 11.1 Å². The number of fused-ring (bicyclic) bond motifs is 1. The van der Waals surface area contributed by atoms with Crippen molar-refractivity contribution in [3.8, 4) is 0 Å². The van der Waals surface area contributed by atoms with Gasteiger partial charge in [-0.1, -0.05) is 26.8 Å². The first-order valence-corrected chi connectivity index (χ1v) is 8.88. The van der Waals surface area contributed by atoms with Gasteiger partial charge in [0.05, 0.1) is 11.3 Å². The number of carbonyl (C=O) groups is 1. The molecule has 1 aliphatic rings. The Morgan fingerprint density at radius 1 is 1.45 bits per heavy atom. The van der Waals surface area contributed by atoms with Crippen LogP contribution in [0.3, 0.4) is 0 Å². The second kappa shape index (κ2) is 8.68. The molecular weight excluding hydrogens is 316 g/mol. The molecule has 0 fully saturated rings. The number of aryl methyl sites for hydroxylation is 1. The summed E-state index contributed by atoms with van der Waals surface area (Å²) in [6.07, 6.45) is 3.18. The van der Waals surface area contributed by atoms with E-state index in [1.807, 2.05) is 12.1 Å². The molecule has 3 nitrogen and oxygen atoms in total. The molecule has 1 aliphatic carbocycles. The number of carbonyl (C=O) groups excluding carboxylic acids is 1. The van der Waals surface area contributed by atoms with E-state index < -0.39 is 0 Å². The van der Waals surface area contributed by atoms with E-state index in [0.29, 0.717) is 5.92 Å². The zero-order valence-electron chi connectivity index (χ0n) is 13.6. The normalized spacial score (nSPS) is 18.3. The van der Waals surface area contributed by atoms with E-state index in [9.17, 15) is 4.79 Å². The van der Waals surface area contributed by atoms with Gasteiger partial charge in [0.15, 0.2) is 0 Å². The van der Waals surface area contributed by atoms with Crippen molar-refractivity contribution < 1.29 is 4.79 Å². The fourth-order valence-electron chi connectivity index (χ4n) is 2.99. The first-order chi connectivity index (χ1) is 10.0. The predicted molar refractivity (Wildman–Crippen MR) is 98.7 cm³/mol. The first-order valence-electron chi connectivity index (χ1n) is 7.83. The van der Waals surface area contributed by atoms with E-state index in [0.717, 1.165) is 30.7 Å². The summed E-state index contributed by atoms with van der Waals surface area (Å²) in [4.78, 5) is 12.6. The fourth-order valence-corrected chi connectivity index (χ4v) is 3.95. The Bertz CT molecular complexity index is 507. The van der Waals surface area contributed by atoms with Gasteiger partial charge in [-0.3, -0.25) is 4.79 Å². The van der Waals surface area contributed by atoms with Crippen LogP contribution in [0.15, 0.2) is 18.2 Å². The van der Waals surface area contributed by atoms with E-state index >= 15 is 0 Å². The van der Waals surface area contributed by atoms with E-state index in [1.54, 1.807) is 11.8 Å². The number of nitrogens with two attached hydrogens (primary N) is 1. The minimum absolute atomic E-state index is 0. The third kappa shape index (κ3) is 4.56. The van der Waals surface area contributed by atoms with Gasteiger partial charge in [0.25, 0.3) is 0 Å². The number of halogens is 1. The molecule has 0 saturated carbocycles. The maximum absolute atomic E-state index is 12.6. The molecule has 0 aromatic heterocycles. The molecule has 1 aromatic carbocycles. The number of nitrogen functional groups attached to an aromatic ring is 1. The molecule has 1 amide bonds. The van der Waals surface area contributed by atoms with Crippen LogP contribution in [0, 0.1) is 5.92 Å². The van der Waals surface area contributed by atoms with Crippen LogP contribution in [-0.2, 0) is 11.2 Å². The molecule has 0 saturated heterocycles. The molecule has 5 heteroatoms. The van der Waals surface area contributed by atoms with Crippen LogP contribution in [0.25, 0.3) is 0 Å². The highest BCUT2D eigenvalue weighted by molar-refractivity contribution is 8.00. The Morgan fingerprint density at radius 2 is 2.18 bits per heavy atom. The molecule has 0 bridgehead atoms. The highest BCUT2D eigenvalue weighted by Crippen LogP contribution is 2.31. The lowest BCUT2D eigenvalue weighted by Gasteiger charge is -2.29. The number of hydrogen-bond donors (Lipinski definition) is 2. The first kappa shape index (κ1) is 19.2. The predicted octanol–water partition coefficient (Wildman–Crippen LogP) is 3.96. The molecule has 22 heavy (non-hydrogen) atoms. The van der Waals surface area contributed by atoms with Gasteiger partial charge in [0.1, 0.15) is 0 Å². The second-order valence-corrected chi connectivity index (χ2v) is 7.45. The number of anilines is 1. The van der Waals surface area contributed by atoms with Gasteiger partial charge in [0, 0.05) is 5.69 Å². The largest absolute Gasteiger partial charge is 0.399 e. The van der Waals surface area contributed by atoms with E-state index in [4.69, 9.17) is 5.73 Å². The maximum atomic E-state index is 12.6.